The lowest BCUT2D eigenvalue weighted by molar-refractivity contribution is 0.00631. The zero-order chi connectivity index (χ0) is 13.7. The Balaban J connectivity index is 0. The maximum Gasteiger partial charge on any atom is 0.506 e. The molecule has 0 aromatic carbocycles. The SMILES string of the molecule is C=CCC(COC(=O)O)OC(=O)O.OCCO. The third-order valence-electron chi connectivity index (χ3n) is 1.19. The molecule has 1 unspecified atom stereocenters. The standard InChI is InChI=1S/C7H10O6.C2H6O2/c1-2-3-5(13-7(10)11)4-12-6(8)9;3-1-2-4/h2,5H,1,3-4H2,(H,8,9)(H,10,11);3-4H,1-2H2. The van der Waals surface area contributed by atoms with E-state index in [0.717, 1.165) is 0 Å². The molecule has 0 aliphatic rings. The minimum absolute atomic E-state index is 0.125. The zero-order valence-electron chi connectivity index (χ0n) is 9.11. The lowest BCUT2D eigenvalue weighted by Crippen LogP contribution is -2.23. The van der Waals surface area contributed by atoms with Crippen LogP contribution in [-0.4, -0.2) is 58.7 Å². The predicted molar refractivity (Wildman–Crippen MR) is 55.9 cm³/mol. The van der Waals surface area contributed by atoms with Gasteiger partial charge in [0, 0.05) is 6.42 Å². The van der Waals surface area contributed by atoms with Gasteiger partial charge in [-0.2, -0.15) is 0 Å². The molecule has 0 heterocycles. The number of carbonyl (C=O) groups is 2. The van der Waals surface area contributed by atoms with E-state index in [1.807, 2.05) is 0 Å². The van der Waals surface area contributed by atoms with E-state index < -0.39 is 18.4 Å². The molecule has 8 heteroatoms. The van der Waals surface area contributed by atoms with Crippen molar-refractivity contribution in [1.82, 2.24) is 0 Å². The van der Waals surface area contributed by atoms with E-state index in [1.165, 1.54) is 6.08 Å². The highest BCUT2D eigenvalue weighted by Gasteiger charge is 2.13. The van der Waals surface area contributed by atoms with Gasteiger partial charge in [0.1, 0.15) is 12.7 Å². The molecule has 0 radical (unpaired) electrons. The molecule has 0 saturated heterocycles. The molecule has 0 fully saturated rings. The van der Waals surface area contributed by atoms with E-state index in [2.05, 4.69) is 16.1 Å². The normalized spacial score (nSPS) is 10.5. The van der Waals surface area contributed by atoms with E-state index in [-0.39, 0.29) is 26.2 Å². The lowest BCUT2D eigenvalue weighted by Gasteiger charge is -2.12. The first-order chi connectivity index (χ1) is 7.97. The molecule has 0 amide bonds. The number of aliphatic hydroxyl groups is 2. The van der Waals surface area contributed by atoms with Crippen LogP contribution >= 0.6 is 0 Å². The summed E-state index contributed by atoms with van der Waals surface area (Å²) in [6.07, 6.45) is -2.15. The first-order valence-electron chi connectivity index (χ1n) is 4.55. The second kappa shape index (κ2) is 12.3. The molecule has 0 spiro atoms. The lowest BCUT2D eigenvalue weighted by atomic mass is 10.3. The second-order valence-corrected chi connectivity index (χ2v) is 2.55. The van der Waals surface area contributed by atoms with Gasteiger partial charge in [-0.1, -0.05) is 6.08 Å². The van der Waals surface area contributed by atoms with E-state index in [0.29, 0.717) is 0 Å². The summed E-state index contributed by atoms with van der Waals surface area (Å²) in [5.74, 6) is 0. The highest BCUT2D eigenvalue weighted by atomic mass is 16.7. The number of rotatable bonds is 6. The van der Waals surface area contributed by atoms with E-state index >= 15 is 0 Å². The topological polar surface area (TPSA) is 134 Å². The van der Waals surface area contributed by atoms with Crippen molar-refractivity contribution < 1.29 is 39.5 Å². The highest BCUT2D eigenvalue weighted by molar-refractivity contribution is 5.58. The Morgan fingerprint density at radius 3 is 2.00 bits per heavy atom. The first kappa shape index (κ1) is 17.6. The van der Waals surface area contributed by atoms with Crippen LogP contribution in [0.2, 0.25) is 0 Å². The Kier molecular flexibility index (Phi) is 12.7. The van der Waals surface area contributed by atoms with Crippen molar-refractivity contribution in [3.63, 3.8) is 0 Å². The fourth-order valence-corrected chi connectivity index (χ4v) is 0.643. The smallest absolute Gasteiger partial charge is 0.450 e. The minimum atomic E-state index is -1.47. The molecule has 0 saturated carbocycles. The summed E-state index contributed by atoms with van der Waals surface area (Å²) in [7, 11) is 0. The van der Waals surface area contributed by atoms with Gasteiger partial charge in [-0.05, 0) is 0 Å². The van der Waals surface area contributed by atoms with Crippen LogP contribution < -0.4 is 0 Å². The van der Waals surface area contributed by atoms with Crippen molar-refractivity contribution >= 4 is 12.3 Å². The maximum absolute atomic E-state index is 10.1. The molecule has 0 aromatic heterocycles. The molecular formula is C9H16O8. The quantitative estimate of drug-likeness (QED) is 0.391. The van der Waals surface area contributed by atoms with Crippen LogP contribution in [-0.2, 0) is 9.47 Å². The highest BCUT2D eigenvalue weighted by Crippen LogP contribution is 2.01. The van der Waals surface area contributed by atoms with Crippen LogP contribution in [0.15, 0.2) is 12.7 Å². The Labute approximate surface area is 97.7 Å². The summed E-state index contributed by atoms with van der Waals surface area (Å²) in [5, 5.41) is 31.6. The van der Waals surface area contributed by atoms with Gasteiger partial charge in [0.25, 0.3) is 0 Å². The molecule has 4 N–H and O–H groups in total. The van der Waals surface area contributed by atoms with Crippen LogP contribution in [0, 0.1) is 0 Å². The number of hydrogen-bond donors (Lipinski definition) is 4. The molecule has 8 nitrogen and oxygen atoms in total. The molecule has 1 atom stereocenters. The third-order valence-corrected chi connectivity index (χ3v) is 1.19. The summed E-state index contributed by atoms with van der Waals surface area (Å²) >= 11 is 0. The summed E-state index contributed by atoms with van der Waals surface area (Å²) < 4.78 is 8.44. The number of hydrogen-bond acceptors (Lipinski definition) is 6. The molecule has 0 rings (SSSR count). The summed E-state index contributed by atoms with van der Waals surface area (Å²) in [6, 6.07) is 0. The van der Waals surface area contributed by atoms with Crippen LogP contribution in [0.3, 0.4) is 0 Å². The van der Waals surface area contributed by atoms with Crippen molar-refractivity contribution in [3.8, 4) is 0 Å². The largest absolute Gasteiger partial charge is 0.506 e. The van der Waals surface area contributed by atoms with Gasteiger partial charge in [0.05, 0.1) is 13.2 Å². The molecule has 0 aromatic rings. The molecule has 17 heavy (non-hydrogen) atoms. The van der Waals surface area contributed by atoms with Gasteiger partial charge in [0.15, 0.2) is 0 Å². The monoisotopic (exact) mass is 252 g/mol. The van der Waals surface area contributed by atoms with Gasteiger partial charge in [-0.15, -0.1) is 6.58 Å². The Hall–Kier alpha value is -1.80. The summed E-state index contributed by atoms with van der Waals surface area (Å²) in [4.78, 5) is 20.0. The molecular weight excluding hydrogens is 236 g/mol. The fraction of sp³-hybridized carbons (Fsp3) is 0.556. The van der Waals surface area contributed by atoms with Crippen molar-refractivity contribution in [1.29, 1.82) is 0 Å². The Morgan fingerprint density at radius 2 is 1.71 bits per heavy atom. The van der Waals surface area contributed by atoms with Gasteiger partial charge < -0.3 is 29.9 Å². The zero-order valence-corrected chi connectivity index (χ0v) is 9.11. The van der Waals surface area contributed by atoms with Gasteiger partial charge in [-0.25, -0.2) is 9.59 Å². The minimum Gasteiger partial charge on any atom is -0.450 e. The molecule has 0 aliphatic carbocycles. The van der Waals surface area contributed by atoms with Crippen molar-refractivity contribution in [3.05, 3.63) is 12.7 Å². The number of ether oxygens (including phenoxy) is 2. The maximum atomic E-state index is 10.1. The first-order valence-corrected chi connectivity index (χ1v) is 4.55. The van der Waals surface area contributed by atoms with Crippen LogP contribution in [0.25, 0.3) is 0 Å². The van der Waals surface area contributed by atoms with Gasteiger partial charge in [-0.3, -0.25) is 0 Å². The van der Waals surface area contributed by atoms with Gasteiger partial charge >= 0.3 is 12.3 Å². The van der Waals surface area contributed by atoms with Crippen molar-refractivity contribution in [2.75, 3.05) is 19.8 Å². The Morgan fingerprint density at radius 1 is 1.18 bits per heavy atom. The van der Waals surface area contributed by atoms with Gasteiger partial charge in [0.2, 0.25) is 0 Å². The molecule has 0 bridgehead atoms. The average molecular weight is 252 g/mol. The van der Waals surface area contributed by atoms with E-state index in [1.54, 1.807) is 0 Å². The Bertz CT molecular complexity index is 225. The van der Waals surface area contributed by atoms with Crippen LogP contribution in [0.1, 0.15) is 6.42 Å². The predicted octanol–water partition coefficient (Wildman–Crippen LogP) is 0.291. The second-order valence-electron chi connectivity index (χ2n) is 2.55. The van der Waals surface area contributed by atoms with E-state index in [9.17, 15) is 9.59 Å². The van der Waals surface area contributed by atoms with Crippen LogP contribution in [0.5, 0.6) is 0 Å². The number of carboxylic acid groups (broad SMARTS) is 2. The molecule has 100 valence electrons. The molecule has 0 aliphatic heterocycles. The summed E-state index contributed by atoms with van der Waals surface area (Å²) in [5.41, 5.74) is 0. The average Bonchev–Trinajstić information content (AvgIpc) is 2.26. The fourth-order valence-electron chi connectivity index (χ4n) is 0.643. The van der Waals surface area contributed by atoms with E-state index in [4.69, 9.17) is 20.4 Å². The number of aliphatic hydroxyl groups excluding tert-OH is 2. The van der Waals surface area contributed by atoms with Crippen LogP contribution in [0.4, 0.5) is 9.59 Å². The van der Waals surface area contributed by atoms with Crippen molar-refractivity contribution in [2.24, 2.45) is 0 Å². The third kappa shape index (κ3) is 16.8. The van der Waals surface area contributed by atoms with Crippen molar-refractivity contribution in [2.45, 2.75) is 12.5 Å². The summed E-state index contributed by atoms with van der Waals surface area (Å²) in [6.45, 7) is 2.78.